The van der Waals surface area contributed by atoms with Crippen LogP contribution in [0.1, 0.15) is 19.4 Å². The number of carbonyl (C=O) groups excluding carboxylic acids is 2. The lowest BCUT2D eigenvalue weighted by atomic mass is 10.0. The van der Waals surface area contributed by atoms with Crippen molar-refractivity contribution in [3.8, 4) is 5.75 Å². The summed E-state index contributed by atoms with van der Waals surface area (Å²) >= 11 is 0. The van der Waals surface area contributed by atoms with E-state index in [0.29, 0.717) is 24.6 Å². The number of primary amides is 1. The Morgan fingerprint density at radius 2 is 2.09 bits per heavy atom. The minimum absolute atomic E-state index is 0.0496. The third kappa shape index (κ3) is 3.43. The van der Waals surface area contributed by atoms with E-state index in [1.807, 2.05) is 26.0 Å². The molecule has 9 heteroatoms. The number of anilines is 2. The molecule has 9 nitrogen and oxygen atoms in total. The number of amides is 2. The fourth-order valence-corrected chi connectivity index (χ4v) is 5.05. The second-order valence-electron chi connectivity index (χ2n) is 9.32. The first-order valence-corrected chi connectivity index (χ1v) is 10.7. The molecule has 0 bridgehead atoms. The average molecular weight is 435 g/mol. The van der Waals surface area contributed by atoms with Gasteiger partial charge in [-0.15, -0.1) is 0 Å². The van der Waals surface area contributed by atoms with Gasteiger partial charge in [0, 0.05) is 55.7 Å². The lowest BCUT2D eigenvalue weighted by molar-refractivity contribution is -0.119. The molecule has 4 aliphatic rings. The van der Waals surface area contributed by atoms with E-state index >= 15 is 0 Å². The molecule has 166 valence electrons. The summed E-state index contributed by atoms with van der Waals surface area (Å²) in [5.74, 6) is 0.939. The second kappa shape index (κ2) is 7.22. The third-order valence-corrected chi connectivity index (χ3v) is 6.54. The van der Waals surface area contributed by atoms with Gasteiger partial charge < -0.3 is 31.4 Å². The van der Waals surface area contributed by atoms with E-state index in [0.717, 1.165) is 29.6 Å². The number of allylic oxidation sites excluding steroid dienone is 1. The minimum Gasteiger partial charge on any atom is -0.487 e. The average Bonchev–Trinajstić information content (AvgIpc) is 3.08. The molecular formula is C23H26N6O3. The van der Waals surface area contributed by atoms with Crippen molar-refractivity contribution in [1.82, 2.24) is 5.32 Å². The zero-order chi connectivity index (χ0) is 22.6. The molecule has 2 amide bonds. The lowest BCUT2D eigenvalue weighted by Gasteiger charge is -2.25. The van der Waals surface area contributed by atoms with E-state index in [1.54, 1.807) is 18.5 Å². The van der Waals surface area contributed by atoms with Crippen molar-refractivity contribution in [3.63, 3.8) is 0 Å². The molecule has 5 N–H and O–H groups in total. The number of nitrogens with two attached hydrogens (primary N) is 1. The Morgan fingerprint density at radius 1 is 1.34 bits per heavy atom. The first kappa shape index (κ1) is 20.3. The van der Waals surface area contributed by atoms with Crippen LogP contribution < -0.4 is 26.0 Å². The summed E-state index contributed by atoms with van der Waals surface area (Å²) in [4.78, 5) is 31.0. The van der Waals surface area contributed by atoms with Gasteiger partial charge in [0.2, 0.25) is 5.91 Å². The van der Waals surface area contributed by atoms with Crippen LogP contribution in [0.5, 0.6) is 5.75 Å². The van der Waals surface area contributed by atoms with Gasteiger partial charge in [0.15, 0.2) is 0 Å². The zero-order valence-corrected chi connectivity index (χ0v) is 18.0. The van der Waals surface area contributed by atoms with Crippen LogP contribution in [0, 0.1) is 23.2 Å². The maximum absolute atomic E-state index is 13.1. The van der Waals surface area contributed by atoms with Gasteiger partial charge in [-0.05, 0) is 37.8 Å². The summed E-state index contributed by atoms with van der Waals surface area (Å²) in [6, 6.07) is 3.93. The standard InChI is InChI=1S/C23H26N6O3/c1-23(2)8-12-6-16(28-22(31)13(9-24)21-26-4-3-5-27-21)17(7-18(12)32-23)29-10-14-15(11-29)19(14)20(25)30/h3-7,9,14-15,19,24,26H,8,10-11H2,1-2H3,(H2,25,30)(H,28,31)/b21-13-,24-9?/t14-,15+,19+. The Balaban J connectivity index is 1.46. The van der Waals surface area contributed by atoms with Crippen LogP contribution in [0.25, 0.3) is 0 Å². The van der Waals surface area contributed by atoms with Gasteiger partial charge in [-0.1, -0.05) is 0 Å². The summed E-state index contributed by atoms with van der Waals surface area (Å²) in [5, 5.41) is 13.6. The molecule has 3 heterocycles. The Labute approximate surface area is 185 Å². The van der Waals surface area contributed by atoms with Gasteiger partial charge in [-0.25, -0.2) is 4.99 Å². The maximum atomic E-state index is 13.1. The summed E-state index contributed by atoms with van der Waals surface area (Å²) in [5.41, 5.74) is 7.85. The Morgan fingerprint density at radius 3 is 2.72 bits per heavy atom. The van der Waals surface area contributed by atoms with E-state index in [2.05, 4.69) is 20.5 Å². The van der Waals surface area contributed by atoms with Gasteiger partial charge in [-0.2, -0.15) is 0 Å². The number of benzene rings is 1. The largest absolute Gasteiger partial charge is 0.487 e. The van der Waals surface area contributed by atoms with Crippen LogP contribution in [-0.2, 0) is 16.0 Å². The summed E-state index contributed by atoms with van der Waals surface area (Å²) in [7, 11) is 0. The van der Waals surface area contributed by atoms with Crippen LogP contribution in [0.3, 0.4) is 0 Å². The summed E-state index contributed by atoms with van der Waals surface area (Å²) in [6.07, 6.45) is 6.66. The summed E-state index contributed by atoms with van der Waals surface area (Å²) in [6.45, 7) is 5.48. The molecule has 1 aromatic rings. The fourth-order valence-electron chi connectivity index (χ4n) is 5.05. The Kier molecular flexibility index (Phi) is 4.58. The molecular weight excluding hydrogens is 408 g/mol. The molecule has 32 heavy (non-hydrogen) atoms. The molecule has 3 aliphatic heterocycles. The molecule has 3 atom stereocenters. The van der Waals surface area contributed by atoms with E-state index in [1.165, 1.54) is 0 Å². The number of hydrogen-bond acceptors (Lipinski definition) is 7. The monoisotopic (exact) mass is 434 g/mol. The number of ether oxygens (including phenoxy) is 1. The van der Waals surface area contributed by atoms with E-state index in [4.69, 9.17) is 15.9 Å². The molecule has 0 radical (unpaired) electrons. The van der Waals surface area contributed by atoms with Crippen molar-refractivity contribution >= 4 is 35.6 Å². The number of nitrogens with one attached hydrogen (secondary N) is 3. The first-order valence-electron chi connectivity index (χ1n) is 10.7. The first-order chi connectivity index (χ1) is 15.3. The van der Waals surface area contributed by atoms with Gasteiger partial charge in [0.1, 0.15) is 17.2 Å². The molecule has 1 aromatic carbocycles. The highest BCUT2D eigenvalue weighted by Crippen LogP contribution is 2.54. The maximum Gasteiger partial charge on any atom is 0.261 e. The van der Waals surface area contributed by atoms with Crippen molar-refractivity contribution in [1.29, 1.82) is 5.41 Å². The number of rotatable bonds is 5. The molecule has 0 spiro atoms. The molecule has 1 saturated heterocycles. The van der Waals surface area contributed by atoms with Gasteiger partial charge in [-0.3, -0.25) is 9.59 Å². The van der Waals surface area contributed by atoms with Crippen molar-refractivity contribution in [2.75, 3.05) is 23.3 Å². The molecule has 5 rings (SSSR count). The third-order valence-electron chi connectivity index (χ3n) is 6.54. The molecule has 0 aromatic heterocycles. The Bertz CT molecular complexity index is 1110. The predicted octanol–water partition coefficient (Wildman–Crippen LogP) is 1.55. The number of carbonyl (C=O) groups is 2. The van der Waals surface area contributed by atoms with Crippen molar-refractivity contribution < 1.29 is 14.3 Å². The van der Waals surface area contributed by atoms with Crippen molar-refractivity contribution in [2.45, 2.75) is 25.9 Å². The highest BCUT2D eigenvalue weighted by atomic mass is 16.5. The van der Waals surface area contributed by atoms with Crippen LogP contribution in [0.15, 0.2) is 40.8 Å². The molecule has 2 fully saturated rings. The topological polar surface area (TPSA) is 133 Å². The van der Waals surface area contributed by atoms with E-state index < -0.39 is 5.91 Å². The molecule has 1 aliphatic carbocycles. The number of nitrogens with zero attached hydrogens (tertiary/aromatic N) is 2. The minimum atomic E-state index is -0.423. The van der Waals surface area contributed by atoms with Crippen LogP contribution in [0.2, 0.25) is 0 Å². The SMILES string of the molecule is CC1(C)Cc2cc(NC(=O)/C(C=N)=C3\N=CC=CN3)c(N3C[C@@H]4[C@H](C3)[C@H]4C(N)=O)cc2O1. The fraction of sp³-hybridized carbons (Fsp3) is 0.391. The molecule has 1 saturated carbocycles. The van der Waals surface area contributed by atoms with E-state index in [9.17, 15) is 9.59 Å². The number of piperidine rings is 1. The zero-order valence-electron chi connectivity index (χ0n) is 18.0. The van der Waals surface area contributed by atoms with Crippen LogP contribution >= 0.6 is 0 Å². The second-order valence-corrected chi connectivity index (χ2v) is 9.32. The normalized spacial score (nSPS) is 27.7. The Hall–Kier alpha value is -3.62. The molecule has 0 unspecified atom stereocenters. The van der Waals surface area contributed by atoms with Gasteiger partial charge in [0.05, 0.1) is 16.9 Å². The number of fused-ring (bicyclic) bond motifs is 2. The smallest absolute Gasteiger partial charge is 0.261 e. The van der Waals surface area contributed by atoms with Gasteiger partial charge >= 0.3 is 0 Å². The lowest BCUT2D eigenvalue weighted by Crippen LogP contribution is -2.29. The number of hydrogen-bond donors (Lipinski definition) is 4. The van der Waals surface area contributed by atoms with Gasteiger partial charge in [0.25, 0.3) is 5.91 Å². The van der Waals surface area contributed by atoms with E-state index in [-0.39, 0.29) is 34.8 Å². The number of aliphatic imine (C=N–C) groups is 1. The predicted molar refractivity (Wildman–Crippen MR) is 122 cm³/mol. The summed E-state index contributed by atoms with van der Waals surface area (Å²) < 4.78 is 6.12. The highest BCUT2D eigenvalue weighted by Gasteiger charge is 2.59. The van der Waals surface area contributed by atoms with Crippen molar-refractivity contribution in [3.05, 3.63) is 41.4 Å². The highest BCUT2D eigenvalue weighted by molar-refractivity contribution is 6.18. The van der Waals surface area contributed by atoms with Crippen LogP contribution in [-0.4, -0.2) is 42.9 Å². The van der Waals surface area contributed by atoms with Crippen LogP contribution in [0.4, 0.5) is 11.4 Å². The van der Waals surface area contributed by atoms with Crippen molar-refractivity contribution in [2.24, 2.45) is 28.5 Å². The quantitative estimate of drug-likeness (QED) is 0.412.